The molecule has 6 heteroatoms. The number of alkyl halides is 1. The van der Waals surface area contributed by atoms with Gasteiger partial charge in [0.1, 0.15) is 12.2 Å². The lowest BCUT2D eigenvalue weighted by molar-refractivity contribution is 0.401. The van der Waals surface area contributed by atoms with Crippen LogP contribution in [0.5, 0.6) is 5.88 Å². The first kappa shape index (κ1) is 12.9. The van der Waals surface area contributed by atoms with E-state index in [1.807, 2.05) is 41.8 Å². The number of hydrogen-bond donors (Lipinski definition) is 0. The highest BCUT2D eigenvalue weighted by Gasteiger charge is 2.20. The van der Waals surface area contributed by atoms with E-state index in [9.17, 15) is 0 Å². The van der Waals surface area contributed by atoms with E-state index in [1.54, 1.807) is 7.11 Å². The van der Waals surface area contributed by atoms with Crippen molar-refractivity contribution in [3.8, 4) is 11.6 Å². The van der Waals surface area contributed by atoms with Crippen LogP contribution < -0.4 is 4.74 Å². The van der Waals surface area contributed by atoms with Crippen molar-refractivity contribution in [1.29, 1.82) is 0 Å². The molecule has 0 aliphatic heterocycles. The molecule has 5 nitrogen and oxygen atoms in total. The quantitative estimate of drug-likeness (QED) is 0.695. The van der Waals surface area contributed by atoms with Crippen molar-refractivity contribution in [2.75, 3.05) is 7.11 Å². The fraction of sp³-hybridized carbons (Fsp3) is 0.214. The summed E-state index contributed by atoms with van der Waals surface area (Å²) in [6.45, 7) is 1.88. The minimum Gasteiger partial charge on any atom is -0.479 e. The van der Waals surface area contributed by atoms with Crippen molar-refractivity contribution >= 4 is 22.8 Å². The Labute approximate surface area is 121 Å². The highest BCUT2D eigenvalue weighted by Crippen LogP contribution is 2.29. The van der Waals surface area contributed by atoms with E-state index in [1.165, 1.54) is 6.33 Å². The maximum absolute atomic E-state index is 6.25. The third-order valence-electron chi connectivity index (χ3n) is 3.00. The molecular weight excluding hydrogens is 276 g/mol. The number of imidazole rings is 1. The van der Waals surface area contributed by atoms with Crippen molar-refractivity contribution < 1.29 is 4.74 Å². The van der Waals surface area contributed by atoms with E-state index in [-0.39, 0.29) is 5.38 Å². The Morgan fingerprint density at radius 3 is 2.60 bits per heavy atom. The first-order chi connectivity index (χ1) is 9.72. The number of ether oxygens (including phenoxy) is 1. The van der Waals surface area contributed by atoms with Gasteiger partial charge < -0.3 is 4.74 Å². The maximum atomic E-state index is 6.25. The van der Waals surface area contributed by atoms with Gasteiger partial charge in [-0.25, -0.2) is 9.97 Å². The highest BCUT2D eigenvalue weighted by atomic mass is 35.5. The van der Waals surface area contributed by atoms with Crippen molar-refractivity contribution in [3.05, 3.63) is 42.5 Å². The fourth-order valence-corrected chi connectivity index (χ4v) is 2.28. The van der Waals surface area contributed by atoms with Crippen LogP contribution in [0.25, 0.3) is 16.9 Å². The molecule has 3 aromatic rings. The molecule has 1 atom stereocenters. The van der Waals surface area contributed by atoms with E-state index in [0.717, 1.165) is 5.69 Å². The Morgan fingerprint density at radius 2 is 1.95 bits per heavy atom. The summed E-state index contributed by atoms with van der Waals surface area (Å²) in [6.07, 6.45) is 1.46. The standard InChI is InChI=1S/C14H13ClN4O/c1-9(15)12-18-11-13(16-8-17-14(11)20-2)19(12)10-6-4-3-5-7-10/h3-9H,1-2H3. The summed E-state index contributed by atoms with van der Waals surface area (Å²) in [5.74, 6) is 1.16. The number of benzene rings is 1. The highest BCUT2D eigenvalue weighted by molar-refractivity contribution is 6.20. The average Bonchev–Trinajstić information content (AvgIpc) is 2.87. The number of rotatable bonds is 3. The van der Waals surface area contributed by atoms with Crippen molar-refractivity contribution in [1.82, 2.24) is 19.5 Å². The largest absolute Gasteiger partial charge is 0.479 e. The van der Waals surface area contributed by atoms with E-state index in [0.29, 0.717) is 22.9 Å². The zero-order valence-electron chi connectivity index (χ0n) is 11.1. The Morgan fingerprint density at radius 1 is 1.20 bits per heavy atom. The van der Waals surface area contributed by atoms with Crippen LogP contribution in [0.15, 0.2) is 36.7 Å². The molecule has 0 radical (unpaired) electrons. The molecule has 1 aromatic carbocycles. The minimum absolute atomic E-state index is 0.255. The summed E-state index contributed by atoms with van der Waals surface area (Å²) in [6, 6.07) is 9.85. The Kier molecular flexibility index (Phi) is 3.28. The molecule has 102 valence electrons. The van der Waals surface area contributed by atoms with Gasteiger partial charge in [0.05, 0.1) is 12.5 Å². The molecule has 0 saturated carbocycles. The number of fused-ring (bicyclic) bond motifs is 1. The van der Waals surface area contributed by atoms with Gasteiger partial charge in [-0.1, -0.05) is 18.2 Å². The van der Waals surface area contributed by atoms with Gasteiger partial charge in [-0.2, -0.15) is 4.98 Å². The molecule has 0 aliphatic rings. The van der Waals surface area contributed by atoms with E-state index in [2.05, 4.69) is 15.0 Å². The van der Waals surface area contributed by atoms with Crippen LogP contribution in [0.4, 0.5) is 0 Å². The molecular formula is C14H13ClN4O. The molecule has 0 amide bonds. The number of methoxy groups -OCH3 is 1. The van der Waals surface area contributed by atoms with Gasteiger partial charge in [-0.05, 0) is 19.1 Å². The van der Waals surface area contributed by atoms with E-state index >= 15 is 0 Å². The number of halogens is 1. The predicted octanol–water partition coefficient (Wildman–Crippen LogP) is 3.12. The van der Waals surface area contributed by atoms with Crippen LogP contribution in [0.1, 0.15) is 18.1 Å². The van der Waals surface area contributed by atoms with Crippen LogP contribution in [0, 0.1) is 0 Å². The van der Waals surface area contributed by atoms with E-state index < -0.39 is 0 Å². The molecule has 0 bridgehead atoms. The topological polar surface area (TPSA) is 52.8 Å². The first-order valence-electron chi connectivity index (χ1n) is 6.19. The molecule has 0 N–H and O–H groups in total. The second-order valence-electron chi connectivity index (χ2n) is 4.31. The molecule has 0 aliphatic carbocycles. The smallest absolute Gasteiger partial charge is 0.245 e. The molecule has 2 aromatic heterocycles. The summed E-state index contributed by atoms with van der Waals surface area (Å²) >= 11 is 6.25. The lowest BCUT2D eigenvalue weighted by Crippen LogP contribution is -2.02. The Bertz CT molecular complexity index is 740. The zero-order valence-corrected chi connectivity index (χ0v) is 11.9. The first-order valence-corrected chi connectivity index (χ1v) is 6.63. The average molecular weight is 289 g/mol. The van der Waals surface area contributed by atoms with Gasteiger partial charge in [0.15, 0.2) is 11.2 Å². The molecule has 20 heavy (non-hydrogen) atoms. The lowest BCUT2D eigenvalue weighted by Gasteiger charge is -2.09. The minimum atomic E-state index is -0.255. The third-order valence-corrected chi connectivity index (χ3v) is 3.20. The Hall–Kier alpha value is -2.14. The number of para-hydroxylation sites is 1. The predicted molar refractivity (Wildman–Crippen MR) is 77.5 cm³/mol. The van der Waals surface area contributed by atoms with Crippen LogP contribution >= 0.6 is 11.6 Å². The van der Waals surface area contributed by atoms with Crippen LogP contribution in [0.2, 0.25) is 0 Å². The second kappa shape index (κ2) is 5.09. The maximum Gasteiger partial charge on any atom is 0.245 e. The summed E-state index contributed by atoms with van der Waals surface area (Å²) in [5, 5.41) is -0.255. The number of hydrogen-bond acceptors (Lipinski definition) is 4. The summed E-state index contributed by atoms with van der Waals surface area (Å²) in [7, 11) is 1.56. The number of nitrogens with zero attached hydrogens (tertiary/aromatic N) is 4. The second-order valence-corrected chi connectivity index (χ2v) is 4.97. The molecule has 0 saturated heterocycles. The molecule has 3 rings (SSSR count). The van der Waals surface area contributed by atoms with Crippen molar-refractivity contribution in [2.24, 2.45) is 0 Å². The van der Waals surface area contributed by atoms with Gasteiger partial charge in [-0.3, -0.25) is 4.57 Å². The van der Waals surface area contributed by atoms with Gasteiger partial charge >= 0.3 is 0 Å². The van der Waals surface area contributed by atoms with Crippen molar-refractivity contribution in [2.45, 2.75) is 12.3 Å². The van der Waals surface area contributed by atoms with Gasteiger partial charge in [0.2, 0.25) is 5.88 Å². The normalized spacial score (nSPS) is 12.6. The molecule has 0 spiro atoms. The van der Waals surface area contributed by atoms with Gasteiger partial charge in [0.25, 0.3) is 0 Å². The van der Waals surface area contributed by atoms with Crippen LogP contribution in [-0.2, 0) is 0 Å². The third kappa shape index (κ3) is 2.00. The summed E-state index contributed by atoms with van der Waals surface area (Å²) in [5.41, 5.74) is 2.25. The summed E-state index contributed by atoms with van der Waals surface area (Å²) < 4.78 is 7.17. The van der Waals surface area contributed by atoms with Crippen LogP contribution in [0.3, 0.4) is 0 Å². The van der Waals surface area contributed by atoms with Gasteiger partial charge in [-0.15, -0.1) is 11.6 Å². The Balaban J connectivity index is 2.37. The van der Waals surface area contributed by atoms with Crippen molar-refractivity contribution in [3.63, 3.8) is 0 Å². The fourth-order valence-electron chi connectivity index (χ4n) is 2.14. The number of aromatic nitrogens is 4. The van der Waals surface area contributed by atoms with Gasteiger partial charge in [0, 0.05) is 5.69 Å². The van der Waals surface area contributed by atoms with Crippen LogP contribution in [-0.4, -0.2) is 26.6 Å². The monoisotopic (exact) mass is 288 g/mol. The SMILES string of the molecule is COc1ncnc2c1nc(C(C)Cl)n2-c1ccccc1. The summed E-state index contributed by atoms with van der Waals surface area (Å²) in [4.78, 5) is 12.9. The van der Waals surface area contributed by atoms with E-state index in [4.69, 9.17) is 16.3 Å². The lowest BCUT2D eigenvalue weighted by atomic mass is 10.3. The molecule has 2 heterocycles. The zero-order chi connectivity index (χ0) is 14.1. The molecule has 0 fully saturated rings. The molecule has 1 unspecified atom stereocenters.